The zero-order chi connectivity index (χ0) is 14.7. The predicted molar refractivity (Wildman–Crippen MR) is 79.2 cm³/mol. The molecule has 20 heavy (non-hydrogen) atoms. The average molecular weight is 405 g/mol. The van der Waals surface area contributed by atoms with Gasteiger partial charge in [0.2, 0.25) is 0 Å². The maximum absolute atomic E-state index is 13.3. The van der Waals surface area contributed by atoms with Crippen molar-refractivity contribution in [1.29, 1.82) is 0 Å². The van der Waals surface area contributed by atoms with E-state index in [1.165, 1.54) is 18.2 Å². The SMILES string of the molecule is O=[N+]([O-])c1cc(Br)ccc1OCc1cccc(F)c1Br. The third kappa shape index (κ3) is 3.34. The first kappa shape index (κ1) is 14.9. The third-order valence-electron chi connectivity index (χ3n) is 2.53. The van der Waals surface area contributed by atoms with E-state index in [1.54, 1.807) is 18.2 Å². The van der Waals surface area contributed by atoms with Crippen LogP contribution < -0.4 is 4.74 Å². The van der Waals surface area contributed by atoms with Crippen molar-refractivity contribution in [2.24, 2.45) is 0 Å². The fourth-order valence-corrected chi connectivity index (χ4v) is 2.30. The molecule has 4 nitrogen and oxygen atoms in total. The number of nitrogens with zero attached hydrogens (tertiary/aromatic N) is 1. The molecular weight excluding hydrogens is 397 g/mol. The number of hydrogen-bond donors (Lipinski definition) is 0. The Bertz CT molecular complexity index is 664. The third-order valence-corrected chi connectivity index (χ3v) is 3.91. The zero-order valence-corrected chi connectivity index (χ0v) is 13.1. The highest BCUT2D eigenvalue weighted by atomic mass is 79.9. The van der Waals surface area contributed by atoms with Gasteiger partial charge in [0.15, 0.2) is 5.75 Å². The lowest BCUT2D eigenvalue weighted by Crippen LogP contribution is -2.00. The van der Waals surface area contributed by atoms with Crippen LogP contribution in [0.1, 0.15) is 5.56 Å². The van der Waals surface area contributed by atoms with Gasteiger partial charge in [-0.3, -0.25) is 10.1 Å². The van der Waals surface area contributed by atoms with Crippen molar-refractivity contribution in [3.8, 4) is 5.75 Å². The number of nitro benzene ring substituents is 1. The molecule has 0 amide bonds. The van der Waals surface area contributed by atoms with Crippen molar-refractivity contribution in [2.45, 2.75) is 6.61 Å². The second kappa shape index (κ2) is 6.32. The van der Waals surface area contributed by atoms with Crippen LogP contribution in [0.25, 0.3) is 0 Å². The first-order valence-corrected chi connectivity index (χ1v) is 7.07. The van der Waals surface area contributed by atoms with Gasteiger partial charge in [0.1, 0.15) is 12.4 Å². The summed E-state index contributed by atoms with van der Waals surface area (Å²) < 4.78 is 19.6. The lowest BCUT2D eigenvalue weighted by molar-refractivity contribution is -0.386. The Kier molecular flexibility index (Phi) is 4.72. The van der Waals surface area contributed by atoms with E-state index in [0.717, 1.165) is 0 Å². The topological polar surface area (TPSA) is 52.4 Å². The minimum atomic E-state index is -0.527. The van der Waals surface area contributed by atoms with E-state index < -0.39 is 10.7 Å². The van der Waals surface area contributed by atoms with Gasteiger partial charge in [-0.1, -0.05) is 28.1 Å². The fraction of sp³-hybridized carbons (Fsp3) is 0.0769. The summed E-state index contributed by atoms with van der Waals surface area (Å²) in [6.07, 6.45) is 0. The summed E-state index contributed by atoms with van der Waals surface area (Å²) in [6.45, 7) is 0.0286. The second-order valence-electron chi connectivity index (χ2n) is 3.87. The van der Waals surface area contributed by atoms with E-state index in [1.807, 2.05) is 0 Å². The Balaban J connectivity index is 2.23. The summed E-state index contributed by atoms with van der Waals surface area (Å²) in [5, 5.41) is 10.9. The standard InChI is InChI=1S/C13H8Br2FNO3/c14-9-4-5-12(11(6-9)17(18)19)20-7-8-2-1-3-10(16)13(8)15/h1-6H,7H2. The molecule has 0 bridgehead atoms. The van der Waals surface area contributed by atoms with Crippen LogP contribution in [0.4, 0.5) is 10.1 Å². The smallest absolute Gasteiger partial charge is 0.312 e. The van der Waals surface area contributed by atoms with E-state index in [9.17, 15) is 14.5 Å². The summed E-state index contributed by atoms with van der Waals surface area (Å²) in [4.78, 5) is 10.4. The Labute approximate surface area is 131 Å². The molecule has 0 atom stereocenters. The van der Waals surface area contributed by atoms with Crippen molar-refractivity contribution in [2.75, 3.05) is 0 Å². The van der Waals surface area contributed by atoms with E-state index in [4.69, 9.17) is 4.74 Å². The number of ether oxygens (including phenoxy) is 1. The quantitative estimate of drug-likeness (QED) is 0.541. The molecule has 0 aliphatic carbocycles. The maximum Gasteiger partial charge on any atom is 0.312 e. The molecule has 0 aliphatic rings. The molecule has 2 rings (SSSR count). The van der Waals surface area contributed by atoms with Gasteiger partial charge in [-0.15, -0.1) is 0 Å². The molecule has 0 radical (unpaired) electrons. The van der Waals surface area contributed by atoms with Crippen LogP contribution in [-0.2, 0) is 6.61 Å². The van der Waals surface area contributed by atoms with Gasteiger partial charge in [0, 0.05) is 16.1 Å². The number of halogens is 3. The van der Waals surface area contributed by atoms with Gasteiger partial charge in [-0.2, -0.15) is 0 Å². The van der Waals surface area contributed by atoms with E-state index in [-0.39, 0.29) is 18.0 Å². The molecule has 104 valence electrons. The molecule has 0 spiro atoms. The van der Waals surface area contributed by atoms with E-state index in [0.29, 0.717) is 14.5 Å². The van der Waals surface area contributed by atoms with Crippen LogP contribution in [-0.4, -0.2) is 4.92 Å². The highest BCUT2D eigenvalue weighted by Gasteiger charge is 2.16. The van der Waals surface area contributed by atoms with Crippen LogP contribution in [0, 0.1) is 15.9 Å². The minimum absolute atomic E-state index is 0.0286. The van der Waals surface area contributed by atoms with Gasteiger partial charge >= 0.3 is 5.69 Å². The molecular formula is C13H8Br2FNO3. The maximum atomic E-state index is 13.3. The summed E-state index contributed by atoms with van der Waals surface area (Å²) in [5.74, 6) is -0.272. The Morgan fingerprint density at radius 3 is 2.70 bits per heavy atom. The second-order valence-corrected chi connectivity index (χ2v) is 5.58. The van der Waals surface area contributed by atoms with Crippen molar-refractivity contribution < 1.29 is 14.1 Å². The molecule has 0 saturated heterocycles. The minimum Gasteiger partial charge on any atom is -0.482 e. The molecule has 0 fully saturated rings. The summed E-state index contributed by atoms with van der Waals surface area (Å²) in [5.41, 5.74) is 0.425. The van der Waals surface area contributed by atoms with Gasteiger partial charge < -0.3 is 4.74 Å². The lowest BCUT2D eigenvalue weighted by Gasteiger charge is -2.09. The van der Waals surface area contributed by atoms with E-state index >= 15 is 0 Å². The molecule has 2 aromatic rings. The van der Waals surface area contributed by atoms with Crippen LogP contribution in [0.2, 0.25) is 0 Å². The number of benzene rings is 2. The van der Waals surface area contributed by atoms with Crippen LogP contribution in [0.3, 0.4) is 0 Å². The zero-order valence-electron chi connectivity index (χ0n) is 9.98. The Morgan fingerprint density at radius 2 is 2.00 bits per heavy atom. The number of hydrogen-bond acceptors (Lipinski definition) is 3. The largest absolute Gasteiger partial charge is 0.482 e. The summed E-state index contributed by atoms with van der Waals surface area (Å²) in [6, 6.07) is 9.04. The van der Waals surface area contributed by atoms with Crippen LogP contribution >= 0.6 is 31.9 Å². The van der Waals surface area contributed by atoms with Gasteiger partial charge in [-0.05, 0) is 34.1 Å². The molecule has 0 saturated carbocycles. The van der Waals surface area contributed by atoms with Gasteiger partial charge in [0.05, 0.1) is 9.40 Å². The van der Waals surface area contributed by atoms with Crippen molar-refractivity contribution in [3.05, 3.63) is 66.8 Å². The summed E-state index contributed by atoms with van der Waals surface area (Å²) in [7, 11) is 0. The normalized spacial score (nSPS) is 10.3. The number of nitro groups is 1. The monoisotopic (exact) mass is 403 g/mol. The molecule has 0 unspecified atom stereocenters. The highest BCUT2D eigenvalue weighted by Crippen LogP contribution is 2.31. The first-order valence-electron chi connectivity index (χ1n) is 5.48. The lowest BCUT2D eigenvalue weighted by atomic mass is 10.2. The summed E-state index contributed by atoms with van der Waals surface area (Å²) >= 11 is 6.28. The highest BCUT2D eigenvalue weighted by molar-refractivity contribution is 9.10. The van der Waals surface area contributed by atoms with Gasteiger partial charge in [0.25, 0.3) is 0 Å². The molecule has 2 aromatic carbocycles. The molecule has 7 heteroatoms. The van der Waals surface area contributed by atoms with Gasteiger partial charge in [-0.25, -0.2) is 4.39 Å². The van der Waals surface area contributed by atoms with Crippen molar-refractivity contribution in [3.63, 3.8) is 0 Å². The van der Waals surface area contributed by atoms with E-state index in [2.05, 4.69) is 31.9 Å². The number of rotatable bonds is 4. The Hall–Kier alpha value is -1.47. The molecule has 0 aromatic heterocycles. The Morgan fingerprint density at radius 1 is 1.25 bits per heavy atom. The predicted octanol–water partition coefficient (Wildman–Crippen LogP) is 4.84. The molecule has 0 heterocycles. The van der Waals surface area contributed by atoms with Crippen molar-refractivity contribution >= 4 is 37.5 Å². The molecule has 0 N–H and O–H groups in total. The van der Waals surface area contributed by atoms with Crippen molar-refractivity contribution in [1.82, 2.24) is 0 Å². The van der Waals surface area contributed by atoms with Crippen LogP contribution in [0.15, 0.2) is 45.3 Å². The average Bonchev–Trinajstić information content (AvgIpc) is 2.41. The fourth-order valence-electron chi connectivity index (χ4n) is 1.57. The molecule has 0 aliphatic heterocycles. The van der Waals surface area contributed by atoms with Crippen LogP contribution in [0.5, 0.6) is 5.75 Å². The first-order chi connectivity index (χ1) is 9.49.